The molecule has 0 aromatic heterocycles. The smallest absolute Gasteiger partial charge is 0.416 e. The molecule has 0 saturated heterocycles. The van der Waals surface area contributed by atoms with Crippen molar-refractivity contribution in [2.45, 2.75) is 44.4 Å². The van der Waals surface area contributed by atoms with Crippen LogP contribution in [0.3, 0.4) is 0 Å². The zero-order valence-corrected chi connectivity index (χ0v) is 13.3. The van der Waals surface area contributed by atoms with Crippen LogP contribution in [0.15, 0.2) is 24.3 Å². The van der Waals surface area contributed by atoms with Crippen molar-refractivity contribution in [1.29, 1.82) is 0 Å². The summed E-state index contributed by atoms with van der Waals surface area (Å²) < 4.78 is 43.0. The summed E-state index contributed by atoms with van der Waals surface area (Å²) in [5.74, 6) is -0.0503. The van der Waals surface area contributed by atoms with Gasteiger partial charge in [0.05, 0.1) is 5.56 Å². The maximum atomic E-state index is 12.6. The quantitative estimate of drug-likeness (QED) is 0.833. The third kappa shape index (κ3) is 5.70. The number of hydrogen-bond acceptors (Lipinski definition) is 3. The summed E-state index contributed by atoms with van der Waals surface area (Å²) in [5, 5.41) is 12.5. The summed E-state index contributed by atoms with van der Waals surface area (Å²) in [6.07, 6.45) is -0.459. The molecule has 0 aliphatic heterocycles. The van der Waals surface area contributed by atoms with Gasteiger partial charge in [0.1, 0.15) is 18.5 Å². The fourth-order valence-electron chi connectivity index (χ4n) is 2.74. The maximum Gasteiger partial charge on any atom is 0.416 e. The van der Waals surface area contributed by atoms with E-state index in [1.54, 1.807) is 0 Å². The molecule has 1 aliphatic carbocycles. The van der Waals surface area contributed by atoms with Crippen molar-refractivity contribution in [1.82, 2.24) is 5.32 Å². The molecular formula is C17H22F3NO3. The van der Waals surface area contributed by atoms with Crippen molar-refractivity contribution in [2.75, 3.05) is 13.2 Å². The van der Waals surface area contributed by atoms with Gasteiger partial charge in [0, 0.05) is 12.5 Å². The van der Waals surface area contributed by atoms with Gasteiger partial charge in [0.15, 0.2) is 0 Å². The molecule has 1 aliphatic rings. The van der Waals surface area contributed by atoms with Crippen LogP contribution in [0.5, 0.6) is 5.75 Å². The first-order chi connectivity index (χ1) is 11.4. The van der Waals surface area contributed by atoms with Crippen molar-refractivity contribution in [3.63, 3.8) is 0 Å². The van der Waals surface area contributed by atoms with E-state index in [0.717, 1.165) is 44.2 Å². The van der Waals surface area contributed by atoms with E-state index in [9.17, 15) is 23.1 Å². The predicted molar refractivity (Wildman–Crippen MR) is 82.5 cm³/mol. The molecule has 0 spiro atoms. The first kappa shape index (κ1) is 18.6. The van der Waals surface area contributed by atoms with E-state index in [2.05, 4.69) is 5.32 Å². The third-order valence-corrected chi connectivity index (χ3v) is 4.09. The van der Waals surface area contributed by atoms with Gasteiger partial charge in [-0.15, -0.1) is 0 Å². The molecule has 2 rings (SSSR count). The van der Waals surface area contributed by atoms with Crippen LogP contribution < -0.4 is 10.1 Å². The number of benzene rings is 1. The summed E-state index contributed by atoms with van der Waals surface area (Å²) >= 11 is 0. The Morgan fingerprint density at radius 3 is 2.67 bits per heavy atom. The van der Waals surface area contributed by atoms with Gasteiger partial charge in [0.25, 0.3) is 0 Å². The number of carbonyl (C=O) groups is 1. The number of alkyl halides is 3. The van der Waals surface area contributed by atoms with Gasteiger partial charge in [-0.25, -0.2) is 0 Å². The Labute approximate surface area is 139 Å². The van der Waals surface area contributed by atoms with Gasteiger partial charge in [0.2, 0.25) is 5.91 Å². The van der Waals surface area contributed by atoms with E-state index < -0.39 is 17.8 Å². The second-order valence-corrected chi connectivity index (χ2v) is 6.07. The second kappa shape index (κ2) is 8.37. The number of halogens is 3. The van der Waals surface area contributed by atoms with Gasteiger partial charge in [-0.2, -0.15) is 13.2 Å². The fourth-order valence-corrected chi connectivity index (χ4v) is 2.74. The van der Waals surface area contributed by atoms with Crippen molar-refractivity contribution >= 4 is 5.91 Å². The van der Waals surface area contributed by atoms with E-state index in [-0.39, 0.29) is 30.7 Å². The first-order valence-corrected chi connectivity index (χ1v) is 8.12. The Morgan fingerprint density at radius 1 is 1.29 bits per heavy atom. The van der Waals surface area contributed by atoms with Crippen LogP contribution in [0.1, 0.15) is 37.7 Å². The average molecular weight is 345 g/mol. The highest BCUT2D eigenvalue weighted by atomic mass is 19.4. The Bertz CT molecular complexity index is 542. The van der Waals surface area contributed by atoms with Gasteiger partial charge < -0.3 is 15.2 Å². The molecule has 4 nitrogen and oxygen atoms in total. The summed E-state index contributed by atoms with van der Waals surface area (Å²) in [4.78, 5) is 11.9. The lowest BCUT2D eigenvalue weighted by Crippen LogP contribution is -2.39. The molecule has 0 heterocycles. The lowest BCUT2D eigenvalue weighted by Gasteiger charge is -2.21. The molecule has 0 radical (unpaired) electrons. The molecule has 7 heteroatoms. The van der Waals surface area contributed by atoms with Crippen LogP contribution in [0.25, 0.3) is 0 Å². The molecule has 1 aromatic carbocycles. The number of aliphatic hydroxyl groups excluding tert-OH is 1. The lowest BCUT2D eigenvalue weighted by molar-refractivity contribution is -0.137. The molecule has 1 saturated carbocycles. The van der Waals surface area contributed by atoms with Crippen LogP contribution >= 0.6 is 0 Å². The van der Waals surface area contributed by atoms with E-state index >= 15 is 0 Å². The van der Waals surface area contributed by atoms with E-state index in [1.165, 1.54) is 12.1 Å². The molecule has 1 amide bonds. The van der Waals surface area contributed by atoms with Crippen LogP contribution in [0, 0.1) is 5.92 Å². The molecular weight excluding hydrogens is 323 g/mol. The minimum atomic E-state index is -4.44. The Hall–Kier alpha value is -1.76. The number of aliphatic hydroxyl groups is 1. The topological polar surface area (TPSA) is 58.6 Å². The van der Waals surface area contributed by atoms with E-state index in [1.807, 2.05) is 0 Å². The number of hydrogen-bond donors (Lipinski definition) is 2. The molecule has 1 aromatic rings. The fraction of sp³-hybridized carbons (Fsp3) is 0.588. The number of ether oxygens (including phenoxy) is 1. The van der Waals surface area contributed by atoms with Crippen molar-refractivity contribution in [2.24, 2.45) is 5.92 Å². The molecule has 1 fully saturated rings. The third-order valence-electron chi connectivity index (χ3n) is 4.09. The molecule has 24 heavy (non-hydrogen) atoms. The minimum absolute atomic E-state index is 0.00432. The average Bonchev–Trinajstić information content (AvgIpc) is 2.58. The van der Waals surface area contributed by atoms with Gasteiger partial charge in [-0.1, -0.05) is 25.3 Å². The highest BCUT2D eigenvalue weighted by molar-refractivity contribution is 5.78. The van der Waals surface area contributed by atoms with Gasteiger partial charge in [-0.3, -0.25) is 4.79 Å². The highest BCUT2D eigenvalue weighted by Gasteiger charge is 2.30. The van der Waals surface area contributed by atoms with Crippen LogP contribution in [0.4, 0.5) is 13.2 Å². The number of nitrogens with one attached hydrogen (secondary N) is 1. The molecule has 134 valence electrons. The summed E-state index contributed by atoms with van der Waals surface area (Å²) in [5.41, 5.74) is -0.805. The normalized spacial score (nSPS) is 17.3. The standard InChI is InChI=1S/C17H22F3NO3/c18-17(19,20)13-7-4-8-15(9-13)24-11-14(22)10-21-16(23)12-5-2-1-3-6-12/h4,7-9,12,14,22H,1-3,5-6,10-11H2,(H,21,23)/t14-/m0/s1. The van der Waals surface area contributed by atoms with Gasteiger partial charge >= 0.3 is 6.18 Å². The monoisotopic (exact) mass is 345 g/mol. The van der Waals surface area contributed by atoms with Crippen LogP contribution in [-0.2, 0) is 11.0 Å². The lowest BCUT2D eigenvalue weighted by atomic mass is 9.89. The highest BCUT2D eigenvalue weighted by Crippen LogP contribution is 2.31. The zero-order chi connectivity index (χ0) is 17.6. The largest absolute Gasteiger partial charge is 0.491 e. The summed E-state index contributed by atoms with van der Waals surface area (Å²) in [6.45, 7) is -0.166. The molecule has 1 atom stereocenters. The first-order valence-electron chi connectivity index (χ1n) is 8.12. The second-order valence-electron chi connectivity index (χ2n) is 6.07. The minimum Gasteiger partial charge on any atom is -0.491 e. The summed E-state index contributed by atoms with van der Waals surface area (Å²) in [6, 6.07) is 4.47. The maximum absolute atomic E-state index is 12.6. The van der Waals surface area contributed by atoms with Crippen molar-refractivity contribution < 1.29 is 27.8 Å². The SMILES string of the molecule is O=C(NC[C@H](O)COc1cccc(C(F)(F)F)c1)C1CCCCC1. The molecule has 0 bridgehead atoms. The van der Waals surface area contributed by atoms with E-state index in [4.69, 9.17) is 4.74 Å². The van der Waals surface area contributed by atoms with Crippen molar-refractivity contribution in [3.05, 3.63) is 29.8 Å². The summed E-state index contributed by atoms with van der Waals surface area (Å²) in [7, 11) is 0. The Balaban J connectivity index is 1.75. The number of carbonyl (C=O) groups excluding carboxylic acids is 1. The van der Waals surface area contributed by atoms with Crippen LogP contribution in [-0.4, -0.2) is 30.3 Å². The van der Waals surface area contributed by atoms with Gasteiger partial charge in [-0.05, 0) is 31.0 Å². The number of rotatable bonds is 6. The van der Waals surface area contributed by atoms with Crippen LogP contribution in [0.2, 0.25) is 0 Å². The number of amides is 1. The van der Waals surface area contributed by atoms with E-state index in [0.29, 0.717) is 0 Å². The Morgan fingerprint density at radius 2 is 2.00 bits per heavy atom. The Kier molecular flexibility index (Phi) is 6.48. The zero-order valence-electron chi connectivity index (χ0n) is 13.3. The molecule has 0 unspecified atom stereocenters. The predicted octanol–water partition coefficient (Wildman–Crippen LogP) is 3.14. The molecule has 2 N–H and O–H groups in total. The van der Waals surface area contributed by atoms with Crippen molar-refractivity contribution in [3.8, 4) is 5.75 Å².